The quantitative estimate of drug-likeness (QED) is 0.372. The predicted octanol–water partition coefficient (Wildman–Crippen LogP) is 3.82. The Bertz CT molecular complexity index is 1180. The zero-order valence-corrected chi connectivity index (χ0v) is 18.0. The lowest BCUT2D eigenvalue weighted by molar-refractivity contribution is -0.137. The second kappa shape index (κ2) is 10.0. The monoisotopic (exact) mass is 482 g/mol. The molecule has 1 amide bonds. The van der Waals surface area contributed by atoms with Gasteiger partial charge in [-0.15, -0.1) is 16.9 Å². The molecule has 0 aliphatic rings. The van der Waals surface area contributed by atoms with Crippen molar-refractivity contribution < 1.29 is 26.4 Å². The normalized spacial score (nSPS) is 11.7. The highest BCUT2D eigenvalue weighted by Crippen LogP contribution is 2.36. The van der Waals surface area contributed by atoms with E-state index in [1.165, 1.54) is 30.1 Å². The Morgan fingerprint density at radius 1 is 1.03 bits per heavy atom. The molecule has 1 heterocycles. The van der Waals surface area contributed by atoms with Crippen LogP contribution in [0.25, 0.3) is 0 Å². The number of benzene rings is 2. The van der Waals surface area contributed by atoms with E-state index in [1.54, 1.807) is 4.72 Å². The molecule has 1 aromatic heterocycles. The van der Waals surface area contributed by atoms with Crippen molar-refractivity contribution in [1.82, 2.24) is 14.9 Å². The fraction of sp³-hybridized carbons (Fsp3) is 0.150. The van der Waals surface area contributed by atoms with Gasteiger partial charge in [-0.2, -0.15) is 18.3 Å². The molecule has 3 rings (SSSR count). The molecule has 0 aliphatic carbocycles. The molecule has 0 saturated heterocycles. The van der Waals surface area contributed by atoms with Gasteiger partial charge < -0.3 is 5.32 Å². The average Bonchev–Trinajstić information content (AvgIpc) is 2.77. The van der Waals surface area contributed by atoms with Gasteiger partial charge in [0.1, 0.15) is 0 Å². The maximum absolute atomic E-state index is 13.6. The molecule has 3 aromatic rings. The smallest absolute Gasteiger partial charge is 0.384 e. The summed E-state index contributed by atoms with van der Waals surface area (Å²) in [5.74, 6) is -0.609. The molecule has 0 radical (unpaired) electrons. The molecular weight excluding hydrogens is 465 g/mol. The van der Waals surface area contributed by atoms with Crippen LogP contribution in [0.3, 0.4) is 0 Å². The van der Waals surface area contributed by atoms with Gasteiger partial charge in [-0.05, 0) is 42.5 Å². The number of rotatable bonds is 8. The van der Waals surface area contributed by atoms with Crippen LogP contribution in [0.1, 0.15) is 16.1 Å². The summed E-state index contributed by atoms with van der Waals surface area (Å²) in [6.45, 7) is 0.220. The molecule has 2 N–H and O–H groups in total. The number of carbonyl (C=O) groups excluding carboxylic acids is 1. The number of sulfonamides is 1. The van der Waals surface area contributed by atoms with Gasteiger partial charge in [0.05, 0.1) is 10.5 Å². The van der Waals surface area contributed by atoms with Crippen molar-refractivity contribution in [2.24, 2.45) is 0 Å². The zero-order chi connectivity index (χ0) is 23.2. The summed E-state index contributed by atoms with van der Waals surface area (Å²) in [5, 5.41) is 9.62. The number of hydrogen-bond donors (Lipinski definition) is 2. The van der Waals surface area contributed by atoms with Crippen molar-refractivity contribution in [2.75, 3.05) is 17.6 Å². The number of thioether (sulfide) groups is 1. The Hall–Kier alpha value is -3.12. The Labute approximate surface area is 186 Å². The molecule has 12 heteroatoms. The number of halogens is 3. The number of anilines is 1. The largest absolute Gasteiger partial charge is 0.418 e. The number of alkyl halides is 3. The highest BCUT2D eigenvalue weighted by Gasteiger charge is 2.35. The minimum atomic E-state index is -4.81. The summed E-state index contributed by atoms with van der Waals surface area (Å²) in [7, 11) is -4.57. The molecule has 7 nitrogen and oxygen atoms in total. The highest BCUT2D eigenvalue weighted by atomic mass is 32.2. The maximum atomic E-state index is 13.6. The first-order chi connectivity index (χ1) is 15.2. The van der Waals surface area contributed by atoms with Crippen LogP contribution in [0.5, 0.6) is 0 Å². The molecule has 0 saturated carbocycles. The first kappa shape index (κ1) is 23.5. The van der Waals surface area contributed by atoms with Crippen molar-refractivity contribution in [1.29, 1.82) is 0 Å². The summed E-state index contributed by atoms with van der Waals surface area (Å²) in [5.41, 5.74) is -1.70. The highest BCUT2D eigenvalue weighted by molar-refractivity contribution is 7.99. The van der Waals surface area contributed by atoms with Crippen molar-refractivity contribution in [3.05, 3.63) is 78.1 Å². The number of nitrogens with zero attached hydrogens (tertiary/aromatic N) is 2. The third-order valence-electron chi connectivity index (χ3n) is 4.07. The number of carbonyl (C=O) groups is 1. The molecule has 0 aliphatic heterocycles. The summed E-state index contributed by atoms with van der Waals surface area (Å²) in [6, 6.07) is 14.5. The lowest BCUT2D eigenvalue weighted by Gasteiger charge is -2.16. The minimum absolute atomic E-state index is 0.220. The second-order valence-electron chi connectivity index (χ2n) is 6.34. The molecule has 0 atom stereocenters. The van der Waals surface area contributed by atoms with Gasteiger partial charge in [0, 0.05) is 29.1 Å². The van der Waals surface area contributed by atoms with E-state index in [9.17, 15) is 26.4 Å². The van der Waals surface area contributed by atoms with Gasteiger partial charge in [0.15, 0.2) is 5.69 Å². The number of amides is 1. The first-order valence-electron chi connectivity index (χ1n) is 9.14. The van der Waals surface area contributed by atoms with Crippen LogP contribution in [0.2, 0.25) is 0 Å². The second-order valence-corrected chi connectivity index (χ2v) is 9.19. The SMILES string of the molecule is O=C(NS(=O)(=O)c1ccc(NCCSc2ccccc2)c(C(F)(F)F)c1)c1cccnn1. The molecule has 168 valence electrons. The van der Waals surface area contributed by atoms with Crippen LogP contribution in [-0.2, 0) is 16.2 Å². The van der Waals surface area contributed by atoms with Gasteiger partial charge in [-0.1, -0.05) is 18.2 Å². The van der Waals surface area contributed by atoms with Crippen molar-refractivity contribution >= 4 is 33.4 Å². The van der Waals surface area contributed by atoms with Gasteiger partial charge in [0.2, 0.25) is 0 Å². The number of nitrogens with one attached hydrogen (secondary N) is 2. The van der Waals surface area contributed by atoms with Gasteiger partial charge >= 0.3 is 6.18 Å². The minimum Gasteiger partial charge on any atom is -0.384 e. The van der Waals surface area contributed by atoms with Crippen LogP contribution in [0.4, 0.5) is 18.9 Å². The van der Waals surface area contributed by atoms with E-state index in [0.29, 0.717) is 11.8 Å². The topological polar surface area (TPSA) is 101 Å². The van der Waals surface area contributed by atoms with Crippen molar-refractivity contribution in [2.45, 2.75) is 16.0 Å². The Kier molecular flexibility index (Phi) is 7.36. The fourth-order valence-corrected chi connectivity index (χ4v) is 4.38. The van der Waals surface area contributed by atoms with E-state index in [4.69, 9.17) is 0 Å². The molecule has 0 spiro atoms. The van der Waals surface area contributed by atoms with Crippen LogP contribution in [0.15, 0.2) is 76.7 Å². The molecule has 2 aromatic carbocycles. The molecule has 0 unspecified atom stereocenters. The summed E-state index contributed by atoms with van der Waals surface area (Å²) in [6.07, 6.45) is -3.53. The lowest BCUT2D eigenvalue weighted by Crippen LogP contribution is -2.31. The Balaban J connectivity index is 1.74. The van der Waals surface area contributed by atoms with Gasteiger partial charge in [0.25, 0.3) is 15.9 Å². The van der Waals surface area contributed by atoms with E-state index >= 15 is 0 Å². The summed E-state index contributed by atoms with van der Waals surface area (Å²) < 4.78 is 67.3. The van der Waals surface area contributed by atoms with Gasteiger partial charge in [-0.25, -0.2) is 13.1 Å². The Morgan fingerprint density at radius 3 is 2.44 bits per heavy atom. The van der Waals surface area contributed by atoms with E-state index in [2.05, 4.69) is 15.5 Å². The third kappa shape index (κ3) is 6.20. The van der Waals surface area contributed by atoms with Crippen LogP contribution in [0, 0.1) is 0 Å². The number of hydrogen-bond acceptors (Lipinski definition) is 7. The number of aromatic nitrogens is 2. The van der Waals surface area contributed by atoms with Gasteiger partial charge in [-0.3, -0.25) is 4.79 Å². The molecule has 0 bridgehead atoms. The standard InChI is InChI=1S/C20H17F3N4O3S2/c21-20(22,23)16-13-15(32(29,30)27-19(28)18-7-4-10-25-26-18)8-9-17(16)24-11-12-31-14-5-2-1-3-6-14/h1-10,13,24H,11-12H2,(H,27,28). The fourth-order valence-electron chi connectivity index (χ4n) is 2.61. The Morgan fingerprint density at radius 2 is 1.78 bits per heavy atom. The summed E-state index contributed by atoms with van der Waals surface area (Å²) in [4.78, 5) is 12.3. The van der Waals surface area contributed by atoms with E-state index in [0.717, 1.165) is 17.0 Å². The zero-order valence-electron chi connectivity index (χ0n) is 16.3. The predicted molar refractivity (Wildman–Crippen MR) is 114 cm³/mol. The maximum Gasteiger partial charge on any atom is 0.418 e. The average molecular weight is 483 g/mol. The third-order valence-corrected chi connectivity index (χ3v) is 6.41. The lowest BCUT2D eigenvalue weighted by atomic mass is 10.1. The van der Waals surface area contributed by atoms with Crippen LogP contribution in [-0.4, -0.2) is 36.8 Å². The van der Waals surface area contributed by atoms with Crippen molar-refractivity contribution in [3.63, 3.8) is 0 Å². The van der Waals surface area contributed by atoms with Crippen LogP contribution < -0.4 is 10.0 Å². The van der Waals surface area contributed by atoms with E-state index < -0.39 is 32.6 Å². The van der Waals surface area contributed by atoms with E-state index in [1.807, 2.05) is 30.3 Å². The molecular formula is C20H17F3N4O3S2. The van der Waals surface area contributed by atoms with E-state index in [-0.39, 0.29) is 17.9 Å². The van der Waals surface area contributed by atoms with Crippen molar-refractivity contribution in [3.8, 4) is 0 Å². The first-order valence-corrected chi connectivity index (χ1v) is 11.6. The summed E-state index contributed by atoms with van der Waals surface area (Å²) >= 11 is 1.47. The molecule has 32 heavy (non-hydrogen) atoms. The van der Waals surface area contributed by atoms with Crippen LogP contribution >= 0.6 is 11.8 Å². The molecule has 0 fully saturated rings.